The highest BCUT2D eigenvalue weighted by Crippen LogP contribution is 2.25. The van der Waals surface area contributed by atoms with Gasteiger partial charge in [0.15, 0.2) is 0 Å². The van der Waals surface area contributed by atoms with E-state index < -0.39 is 0 Å². The number of nitro groups is 1. The molecule has 0 radical (unpaired) electrons. The maximum atomic E-state index is 12.7. The molecule has 3 fully saturated rings. The highest BCUT2D eigenvalue weighted by Gasteiger charge is 2.30. The molecule has 1 aromatic rings. The lowest BCUT2D eigenvalue weighted by Crippen LogP contribution is -2.56. The van der Waals surface area contributed by atoms with Gasteiger partial charge in [-0.2, -0.15) is 0 Å². The van der Waals surface area contributed by atoms with Crippen LogP contribution in [0.25, 0.3) is 0 Å². The molecule has 0 N–H and O–H groups in total. The van der Waals surface area contributed by atoms with E-state index in [9.17, 15) is 14.9 Å². The Labute approximate surface area is 165 Å². The van der Waals surface area contributed by atoms with Crippen molar-refractivity contribution in [3.63, 3.8) is 0 Å². The van der Waals surface area contributed by atoms with Gasteiger partial charge in [0.25, 0.3) is 5.69 Å². The van der Waals surface area contributed by atoms with E-state index in [-0.39, 0.29) is 16.5 Å². The molecule has 0 aromatic heterocycles. The summed E-state index contributed by atoms with van der Waals surface area (Å²) in [4.78, 5) is 32.1. The fourth-order valence-corrected chi connectivity index (χ4v) is 4.33. The van der Waals surface area contributed by atoms with Crippen molar-refractivity contribution in [3.8, 4) is 0 Å². The largest absolute Gasteiger partial charge is 0.369 e. The van der Waals surface area contributed by atoms with E-state index in [0.717, 1.165) is 64.1 Å². The molecule has 0 unspecified atom stereocenters. The fraction of sp³-hybridized carbons (Fsp3) is 0.650. The van der Waals surface area contributed by atoms with Gasteiger partial charge in [0.1, 0.15) is 0 Å². The van der Waals surface area contributed by atoms with Crippen molar-refractivity contribution >= 4 is 17.3 Å². The summed E-state index contributed by atoms with van der Waals surface area (Å²) < 4.78 is 0. The third-order valence-electron chi connectivity index (χ3n) is 6.41. The van der Waals surface area contributed by atoms with Gasteiger partial charge in [-0.1, -0.05) is 6.42 Å². The lowest BCUT2D eigenvalue weighted by atomic mass is 9.91. The van der Waals surface area contributed by atoms with Crippen LogP contribution in [0.3, 0.4) is 0 Å². The number of benzene rings is 1. The van der Waals surface area contributed by atoms with Crippen molar-refractivity contribution in [2.75, 3.05) is 63.8 Å². The molecule has 152 valence electrons. The molecule has 3 aliphatic rings. The molecule has 4 rings (SSSR count). The number of amides is 1. The Kier molecular flexibility index (Phi) is 5.77. The molecule has 0 bridgehead atoms. The van der Waals surface area contributed by atoms with Crippen molar-refractivity contribution in [3.05, 3.63) is 34.4 Å². The third-order valence-corrected chi connectivity index (χ3v) is 6.41. The number of carbonyl (C=O) groups excluding carboxylic acids is 1. The zero-order chi connectivity index (χ0) is 19.5. The van der Waals surface area contributed by atoms with Crippen molar-refractivity contribution < 1.29 is 9.72 Å². The molecule has 1 aromatic carbocycles. The Morgan fingerprint density at radius 1 is 0.964 bits per heavy atom. The number of carbonyl (C=O) groups is 1. The predicted molar refractivity (Wildman–Crippen MR) is 108 cm³/mol. The van der Waals surface area contributed by atoms with Gasteiger partial charge in [0.2, 0.25) is 5.91 Å². The average molecular weight is 387 g/mol. The molecule has 8 nitrogen and oxygen atoms in total. The second-order valence-electron chi connectivity index (χ2n) is 8.04. The first kappa shape index (κ1) is 19.1. The molecule has 0 atom stereocenters. The average Bonchev–Trinajstić information content (AvgIpc) is 2.68. The fourth-order valence-electron chi connectivity index (χ4n) is 4.33. The van der Waals surface area contributed by atoms with Crippen LogP contribution in [0, 0.1) is 10.1 Å². The summed E-state index contributed by atoms with van der Waals surface area (Å²) >= 11 is 0. The summed E-state index contributed by atoms with van der Waals surface area (Å²) in [7, 11) is 0. The van der Waals surface area contributed by atoms with E-state index in [0.29, 0.717) is 6.54 Å². The lowest BCUT2D eigenvalue weighted by Gasteiger charge is -2.43. The van der Waals surface area contributed by atoms with Crippen LogP contribution in [-0.4, -0.2) is 90.5 Å². The number of non-ortho nitro benzene ring substituents is 1. The van der Waals surface area contributed by atoms with E-state index in [1.165, 1.54) is 19.3 Å². The van der Waals surface area contributed by atoms with Crippen molar-refractivity contribution in [1.29, 1.82) is 0 Å². The standard InChI is InChI=1S/C20H29N5O3/c26-20(24-14-12-23(13-15-24)17-2-1-3-17)16-21-8-10-22(11-9-21)18-4-6-19(7-5-18)25(27)28/h4-7,17H,1-3,8-16H2. The number of nitrogens with zero attached hydrogens (tertiary/aromatic N) is 5. The van der Waals surface area contributed by atoms with Gasteiger partial charge < -0.3 is 9.80 Å². The molecule has 2 heterocycles. The molecule has 8 heteroatoms. The Hall–Kier alpha value is -2.19. The van der Waals surface area contributed by atoms with Crippen molar-refractivity contribution in [2.24, 2.45) is 0 Å². The Morgan fingerprint density at radius 3 is 2.14 bits per heavy atom. The number of piperazine rings is 2. The number of nitro benzene ring substituents is 1. The molecule has 28 heavy (non-hydrogen) atoms. The predicted octanol–water partition coefficient (Wildman–Crippen LogP) is 1.41. The summed E-state index contributed by atoms with van der Waals surface area (Å²) in [5, 5.41) is 10.8. The summed E-state index contributed by atoms with van der Waals surface area (Å²) in [6.45, 7) is 7.60. The monoisotopic (exact) mass is 387 g/mol. The first-order chi connectivity index (χ1) is 13.6. The molecular weight excluding hydrogens is 358 g/mol. The summed E-state index contributed by atoms with van der Waals surface area (Å²) in [5.74, 6) is 0.247. The van der Waals surface area contributed by atoms with Gasteiger partial charge in [-0.15, -0.1) is 0 Å². The molecule has 2 saturated heterocycles. The highest BCUT2D eigenvalue weighted by atomic mass is 16.6. The quantitative estimate of drug-likeness (QED) is 0.562. The van der Waals surface area contributed by atoms with Gasteiger partial charge >= 0.3 is 0 Å². The minimum absolute atomic E-state index is 0.116. The van der Waals surface area contributed by atoms with Crippen molar-refractivity contribution in [2.45, 2.75) is 25.3 Å². The van der Waals surface area contributed by atoms with Crippen LogP contribution in [-0.2, 0) is 4.79 Å². The zero-order valence-corrected chi connectivity index (χ0v) is 16.3. The zero-order valence-electron chi connectivity index (χ0n) is 16.3. The third kappa shape index (κ3) is 4.28. The van der Waals surface area contributed by atoms with Gasteiger partial charge in [-0.05, 0) is 25.0 Å². The van der Waals surface area contributed by atoms with Crippen LogP contribution in [0.1, 0.15) is 19.3 Å². The number of hydrogen-bond acceptors (Lipinski definition) is 6. The molecular formula is C20H29N5O3. The number of anilines is 1. The minimum Gasteiger partial charge on any atom is -0.369 e. The van der Waals surface area contributed by atoms with Crippen LogP contribution >= 0.6 is 0 Å². The number of rotatable bonds is 5. The van der Waals surface area contributed by atoms with Gasteiger partial charge in [-0.25, -0.2) is 0 Å². The van der Waals surface area contributed by atoms with Crippen LogP contribution in [0.5, 0.6) is 0 Å². The topological polar surface area (TPSA) is 73.2 Å². The van der Waals surface area contributed by atoms with Gasteiger partial charge in [0.05, 0.1) is 11.5 Å². The maximum Gasteiger partial charge on any atom is 0.269 e. The van der Waals surface area contributed by atoms with Gasteiger partial charge in [0, 0.05) is 76.2 Å². The Bertz CT molecular complexity index is 690. The first-order valence-corrected chi connectivity index (χ1v) is 10.3. The van der Waals surface area contributed by atoms with E-state index in [4.69, 9.17) is 0 Å². The van der Waals surface area contributed by atoms with E-state index in [1.54, 1.807) is 24.3 Å². The van der Waals surface area contributed by atoms with Crippen LogP contribution < -0.4 is 4.90 Å². The minimum atomic E-state index is -0.376. The Balaban J connectivity index is 1.21. The summed E-state index contributed by atoms with van der Waals surface area (Å²) in [5.41, 5.74) is 1.12. The lowest BCUT2D eigenvalue weighted by molar-refractivity contribution is -0.384. The second-order valence-corrected chi connectivity index (χ2v) is 8.04. The number of hydrogen-bond donors (Lipinski definition) is 0. The van der Waals surface area contributed by atoms with Crippen LogP contribution in [0.4, 0.5) is 11.4 Å². The Morgan fingerprint density at radius 2 is 1.61 bits per heavy atom. The summed E-state index contributed by atoms with van der Waals surface area (Å²) in [6.07, 6.45) is 4.01. The van der Waals surface area contributed by atoms with E-state index in [1.807, 2.05) is 4.90 Å². The first-order valence-electron chi connectivity index (χ1n) is 10.3. The molecule has 2 aliphatic heterocycles. The maximum absolute atomic E-state index is 12.7. The summed E-state index contributed by atoms with van der Waals surface area (Å²) in [6, 6.07) is 7.48. The van der Waals surface area contributed by atoms with Crippen molar-refractivity contribution in [1.82, 2.24) is 14.7 Å². The molecule has 1 aliphatic carbocycles. The van der Waals surface area contributed by atoms with E-state index >= 15 is 0 Å². The molecule has 0 spiro atoms. The smallest absolute Gasteiger partial charge is 0.269 e. The van der Waals surface area contributed by atoms with Crippen LogP contribution in [0.15, 0.2) is 24.3 Å². The normalized spacial score (nSPS) is 22.1. The van der Waals surface area contributed by atoms with E-state index in [2.05, 4.69) is 14.7 Å². The SMILES string of the molecule is O=C(CN1CCN(c2ccc([N+](=O)[O-])cc2)CC1)N1CCN(C2CCC2)CC1. The van der Waals surface area contributed by atoms with Gasteiger partial charge in [-0.3, -0.25) is 24.7 Å². The highest BCUT2D eigenvalue weighted by molar-refractivity contribution is 5.78. The molecule has 1 saturated carbocycles. The van der Waals surface area contributed by atoms with Crippen LogP contribution in [0.2, 0.25) is 0 Å². The second kappa shape index (κ2) is 8.45. The molecule has 1 amide bonds.